The van der Waals surface area contributed by atoms with Crippen molar-refractivity contribution in [1.29, 1.82) is 5.26 Å². The Labute approximate surface area is 150 Å². The highest BCUT2D eigenvalue weighted by atomic mass is 19.1. The first-order valence-electron chi connectivity index (χ1n) is 7.98. The molecule has 26 heavy (non-hydrogen) atoms. The number of fused-ring (bicyclic) bond motifs is 1. The van der Waals surface area contributed by atoms with Gasteiger partial charge in [-0.25, -0.2) is 9.37 Å². The highest BCUT2D eigenvalue weighted by Gasteiger charge is 2.41. The van der Waals surface area contributed by atoms with Gasteiger partial charge in [0, 0.05) is 0 Å². The van der Waals surface area contributed by atoms with E-state index in [9.17, 15) is 0 Å². The Kier molecular flexibility index (Phi) is 4.53. The van der Waals surface area contributed by atoms with E-state index in [4.69, 9.17) is 14.7 Å². The number of nitrogens with one attached hydrogen (secondary N) is 2. The van der Waals surface area contributed by atoms with Crippen molar-refractivity contribution in [2.75, 3.05) is 21.3 Å². The molecule has 0 aliphatic heterocycles. The number of aromatic nitrogens is 2. The summed E-state index contributed by atoms with van der Waals surface area (Å²) < 4.78 is 27.0. The first-order chi connectivity index (χ1) is 12.5. The van der Waals surface area contributed by atoms with Crippen LogP contribution in [0.15, 0.2) is 30.3 Å². The number of halogens is 1. The molecule has 2 aromatic carbocycles. The minimum absolute atomic E-state index is 0.0468. The van der Waals surface area contributed by atoms with Gasteiger partial charge in [-0.15, -0.1) is 0 Å². The number of H-pyrrole nitrogens is 1. The molecule has 3 rings (SSSR count). The molecule has 0 radical (unpaired) electrons. The van der Waals surface area contributed by atoms with Gasteiger partial charge in [0.05, 0.1) is 42.4 Å². The number of methoxy groups -OCH3 is 2. The molecule has 0 saturated heterocycles. The Morgan fingerprint density at radius 2 is 1.85 bits per heavy atom. The lowest BCUT2D eigenvalue weighted by Crippen LogP contribution is -2.38. The third-order valence-corrected chi connectivity index (χ3v) is 4.28. The molecule has 0 fully saturated rings. The number of nitrogens with zero attached hydrogens (tertiary/aromatic N) is 2. The van der Waals surface area contributed by atoms with E-state index < -0.39 is 5.79 Å². The summed E-state index contributed by atoms with van der Waals surface area (Å²) >= 11 is 0. The molecule has 1 heterocycles. The zero-order valence-electron chi connectivity index (χ0n) is 15.0. The zero-order chi connectivity index (χ0) is 18.9. The number of alkyl halides is 1. The van der Waals surface area contributed by atoms with Crippen molar-refractivity contribution in [3.8, 4) is 17.6 Å². The third-order valence-electron chi connectivity index (χ3n) is 4.28. The maximum absolute atomic E-state index is 16.2. The maximum atomic E-state index is 16.2. The van der Waals surface area contributed by atoms with Crippen LogP contribution < -0.4 is 14.8 Å². The molecule has 7 heteroatoms. The number of hydrogen-bond donors (Lipinski definition) is 2. The number of hydrogen-bond acceptors (Lipinski definition) is 5. The molecule has 0 spiro atoms. The van der Waals surface area contributed by atoms with E-state index >= 15 is 4.39 Å². The van der Waals surface area contributed by atoms with Crippen LogP contribution in [0.4, 0.5) is 4.39 Å². The van der Waals surface area contributed by atoms with Gasteiger partial charge < -0.3 is 14.5 Å². The van der Waals surface area contributed by atoms with Gasteiger partial charge in [0.15, 0.2) is 5.82 Å². The Bertz CT molecular complexity index is 983. The smallest absolute Gasteiger partial charge is 0.252 e. The van der Waals surface area contributed by atoms with Gasteiger partial charge in [-0.3, -0.25) is 5.32 Å². The molecular formula is C19H19FN4O2. The number of aryl methyl sites for hydroxylation is 1. The second-order valence-corrected chi connectivity index (χ2v) is 5.88. The van der Waals surface area contributed by atoms with Crippen LogP contribution >= 0.6 is 0 Å². The van der Waals surface area contributed by atoms with Gasteiger partial charge in [-0.1, -0.05) is 0 Å². The number of rotatable bonds is 5. The van der Waals surface area contributed by atoms with E-state index in [1.165, 1.54) is 21.3 Å². The highest BCUT2D eigenvalue weighted by Crippen LogP contribution is 2.43. The van der Waals surface area contributed by atoms with E-state index in [0.717, 1.165) is 5.56 Å². The molecule has 0 bridgehead atoms. The quantitative estimate of drug-likeness (QED) is 0.688. The fourth-order valence-electron chi connectivity index (χ4n) is 2.99. The molecular weight excluding hydrogens is 335 g/mol. The van der Waals surface area contributed by atoms with Crippen LogP contribution in [0, 0.1) is 18.3 Å². The van der Waals surface area contributed by atoms with Gasteiger partial charge >= 0.3 is 0 Å². The normalized spacial score (nSPS) is 13.2. The van der Waals surface area contributed by atoms with Crippen molar-refractivity contribution in [2.24, 2.45) is 0 Å². The first kappa shape index (κ1) is 17.7. The van der Waals surface area contributed by atoms with Gasteiger partial charge in [0.25, 0.3) is 5.79 Å². The average molecular weight is 354 g/mol. The second-order valence-electron chi connectivity index (χ2n) is 5.88. The van der Waals surface area contributed by atoms with Crippen LogP contribution in [-0.2, 0) is 5.79 Å². The van der Waals surface area contributed by atoms with Gasteiger partial charge in [-0.05, 0) is 49.9 Å². The zero-order valence-corrected chi connectivity index (χ0v) is 15.0. The molecule has 2 N–H and O–H groups in total. The Morgan fingerprint density at radius 3 is 2.38 bits per heavy atom. The molecule has 3 aromatic rings. The van der Waals surface area contributed by atoms with Gasteiger partial charge in [-0.2, -0.15) is 5.26 Å². The lowest BCUT2D eigenvalue weighted by Gasteiger charge is -2.27. The average Bonchev–Trinajstić information content (AvgIpc) is 3.10. The lowest BCUT2D eigenvalue weighted by atomic mass is 9.99. The number of ether oxygens (including phenoxy) is 2. The van der Waals surface area contributed by atoms with Gasteiger partial charge in [0.2, 0.25) is 0 Å². The van der Waals surface area contributed by atoms with Crippen LogP contribution in [-0.4, -0.2) is 31.2 Å². The minimum Gasteiger partial charge on any atom is -0.496 e. The van der Waals surface area contributed by atoms with Crippen molar-refractivity contribution in [2.45, 2.75) is 12.7 Å². The Morgan fingerprint density at radius 1 is 1.19 bits per heavy atom. The molecule has 1 atom stereocenters. The van der Waals surface area contributed by atoms with Crippen molar-refractivity contribution >= 4 is 11.0 Å². The summed E-state index contributed by atoms with van der Waals surface area (Å²) in [6, 6.07) is 10.5. The molecule has 134 valence electrons. The standard InChI is InChI=1S/C19H19FN4O2/c1-11-7-15(25-3)17(16(8-11)26-4)19(20,22-2)18-23-13-6-5-12(10-21)9-14(13)24-18/h5-9,22H,1-4H3,(H,23,24). The van der Waals surface area contributed by atoms with Crippen molar-refractivity contribution in [3.63, 3.8) is 0 Å². The van der Waals surface area contributed by atoms with E-state index in [1.54, 1.807) is 30.3 Å². The summed E-state index contributed by atoms with van der Waals surface area (Å²) in [5.41, 5.74) is 2.66. The number of imidazole rings is 1. The van der Waals surface area contributed by atoms with Crippen LogP contribution in [0.5, 0.6) is 11.5 Å². The second kappa shape index (κ2) is 6.65. The summed E-state index contributed by atoms with van der Waals surface area (Å²) in [6.45, 7) is 1.87. The van der Waals surface area contributed by atoms with Crippen LogP contribution in [0.3, 0.4) is 0 Å². The lowest BCUT2D eigenvalue weighted by molar-refractivity contribution is 0.158. The van der Waals surface area contributed by atoms with Crippen LogP contribution in [0.25, 0.3) is 11.0 Å². The summed E-state index contributed by atoms with van der Waals surface area (Å²) in [7, 11) is 4.45. The van der Waals surface area contributed by atoms with E-state index in [1.807, 2.05) is 6.92 Å². The summed E-state index contributed by atoms with van der Waals surface area (Å²) in [5.74, 6) is -1.45. The van der Waals surface area contributed by atoms with Crippen molar-refractivity contribution in [3.05, 3.63) is 52.8 Å². The van der Waals surface area contributed by atoms with E-state index in [0.29, 0.717) is 28.1 Å². The fourth-order valence-corrected chi connectivity index (χ4v) is 2.99. The molecule has 0 saturated carbocycles. The SMILES string of the molecule is CNC(F)(c1nc2ccc(C#N)cc2[nH]1)c1c(OC)cc(C)cc1OC. The fraction of sp³-hybridized carbons (Fsp3) is 0.263. The highest BCUT2D eigenvalue weighted by molar-refractivity contribution is 5.77. The molecule has 0 aliphatic carbocycles. The van der Waals surface area contributed by atoms with Crippen LogP contribution in [0.2, 0.25) is 0 Å². The summed E-state index contributed by atoms with van der Waals surface area (Å²) in [4.78, 5) is 7.33. The number of aromatic amines is 1. The predicted molar refractivity (Wildman–Crippen MR) is 96.0 cm³/mol. The minimum atomic E-state index is -2.18. The summed E-state index contributed by atoms with van der Waals surface area (Å²) in [6.07, 6.45) is 0. The predicted octanol–water partition coefficient (Wildman–Crippen LogP) is 3.15. The largest absolute Gasteiger partial charge is 0.496 e. The molecule has 1 unspecified atom stereocenters. The Hall–Kier alpha value is -3.11. The van der Waals surface area contributed by atoms with E-state index in [-0.39, 0.29) is 11.4 Å². The van der Waals surface area contributed by atoms with Crippen molar-refractivity contribution in [1.82, 2.24) is 15.3 Å². The molecule has 0 amide bonds. The number of benzene rings is 2. The molecule has 6 nitrogen and oxygen atoms in total. The molecule has 0 aliphatic rings. The van der Waals surface area contributed by atoms with Gasteiger partial charge in [0.1, 0.15) is 11.5 Å². The topological polar surface area (TPSA) is 83.0 Å². The maximum Gasteiger partial charge on any atom is 0.252 e. The summed E-state index contributed by atoms with van der Waals surface area (Å²) in [5, 5.41) is 11.7. The molecule has 1 aromatic heterocycles. The first-order valence-corrected chi connectivity index (χ1v) is 7.98. The van der Waals surface area contributed by atoms with Crippen LogP contribution in [0.1, 0.15) is 22.5 Å². The van der Waals surface area contributed by atoms with E-state index in [2.05, 4.69) is 21.4 Å². The Balaban J connectivity index is 2.26. The monoisotopic (exact) mass is 354 g/mol. The number of nitriles is 1. The third kappa shape index (κ3) is 2.74. The van der Waals surface area contributed by atoms with Crippen molar-refractivity contribution < 1.29 is 13.9 Å².